The molecular weight excluding hydrogens is 357 g/mol. The van der Waals surface area contributed by atoms with Gasteiger partial charge in [0.05, 0.1) is 5.69 Å². The van der Waals surface area contributed by atoms with Crippen LogP contribution in [0.3, 0.4) is 0 Å². The molecule has 0 heterocycles. The molecule has 4 aromatic carbocycles. The number of para-hydroxylation sites is 2. The highest BCUT2D eigenvalue weighted by molar-refractivity contribution is 7.80. The Balaban J connectivity index is 1.89. The van der Waals surface area contributed by atoms with Gasteiger partial charge in [-0.3, -0.25) is 0 Å². The summed E-state index contributed by atoms with van der Waals surface area (Å²) < 4.78 is 0. The first kappa shape index (κ1) is 18.5. The predicted molar refractivity (Wildman–Crippen MR) is 124 cm³/mol. The van der Waals surface area contributed by atoms with Crippen molar-refractivity contribution < 1.29 is 0 Å². The molecule has 0 bridgehead atoms. The maximum Gasteiger partial charge on any atom is 0.0501 e. The summed E-state index contributed by atoms with van der Waals surface area (Å²) in [6, 6.07) is 38.9. The highest BCUT2D eigenvalue weighted by Crippen LogP contribution is 2.37. The molecule has 0 aliphatic rings. The zero-order chi connectivity index (χ0) is 19.2. The molecule has 138 valence electrons. The average Bonchev–Trinajstić information content (AvgIpc) is 2.77. The summed E-state index contributed by atoms with van der Waals surface area (Å²) in [6.07, 6.45) is 0.996. The van der Waals surface area contributed by atoms with Crippen LogP contribution in [0.2, 0.25) is 0 Å². The molecule has 4 aromatic rings. The highest BCUT2D eigenvalue weighted by atomic mass is 31.1. The number of anilines is 2. The van der Waals surface area contributed by atoms with Crippen molar-refractivity contribution in [3.05, 3.63) is 115 Å². The Morgan fingerprint density at radius 3 is 1.68 bits per heavy atom. The van der Waals surface area contributed by atoms with Crippen molar-refractivity contribution in [1.82, 2.24) is 0 Å². The van der Waals surface area contributed by atoms with Gasteiger partial charge in [0, 0.05) is 11.0 Å². The average molecular weight is 381 g/mol. The minimum Gasteiger partial charge on any atom is -0.355 e. The largest absolute Gasteiger partial charge is 0.355 e. The van der Waals surface area contributed by atoms with Crippen molar-refractivity contribution in [2.45, 2.75) is 13.3 Å². The van der Waals surface area contributed by atoms with E-state index >= 15 is 0 Å². The Kier molecular flexibility index (Phi) is 5.85. The van der Waals surface area contributed by atoms with E-state index in [9.17, 15) is 0 Å². The molecule has 1 N–H and O–H groups in total. The fourth-order valence-corrected chi connectivity index (χ4v) is 5.91. The minimum absolute atomic E-state index is 0.647. The van der Waals surface area contributed by atoms with Crippen LogP contribution in [-0.4, -0.2) is 0 Å². The molecule has 0 aliphatic carbocycles. The number of hydrogen-bond donors (Lipinski definition) is 1. The van der Waals surface area contributed by atoms with Gasteiger partial charge in [0.15, 0.2) is 0 Å². The van der Waals surface area contributed by atoms with Gasteiger partial charge in [0.2, 0.25) is 0 Å². The van der Waals surface area contributed by atoms with Crippen molar-refractivity contribution in [1.29, 1.82) is 0 Å². The Morgan fingerprint density at radius 2 is 1.14 bits per heavy atom. The van der Waals surface area contributed by atoms with Crippen LogP contribution in [-0.2, 0) is 6.42 Å². The summed E-state index contributed by atoms with van der Waals surface area (Å²) in [6.45, 7) is 2.22. The summed E-state index contributed by atoms with van der Waals surface area (Å²) in [5.74, 6) is 0. The lowest BCUT2D eigenvalue weighted by atomic mass is 10.1. The Morgan fingerprint density at radius 1 is 0.607 bits per heavy atom. The molecule has 0 radical (unpaired) electrons. The molecule has 0 aromatic heterocycles. The van der Waals surface area contributed by atoms with Gasteiger partial charge in [0.1, 0.15) is 0 Å². The Hall–Kier alpha value is -2.89. The van der Waals surface area contributed by atoms with E-state index in [2.05, 4.69) is 121 Å². The van der Waals surface area contributed by atoms with E-state index in [1.54, 1.807) is 0 Å². The molecule has 0 spiro atoms. The molecule has 0 unspecified atom stereocenters. The van der Waals surface area contributed by atoms with Gasteiger partial charge in [-0.1, -0.05) is 104 Å². The van der Waals surface area contributed by atoms with Crippen molar-refractivity contribution in [3.8, 4) is 0 Å². The van der Waals surface area contributed by atoms with Gasteiger partial charge in [-0.05, 0) is 42.6 Å². The van der Waals surface area contributed by atoms with Crippen molar-refractivity contribution >= 4 is 35.2 Å². The number of aryl methyl sites for hydroxylation is 1. The van der Waals surface area contributed by atoms with E-state index < -0.39 is 7.92 Å². The topological polar surface area (TPSA) is 12.0 Å². The first-order valence-electron chi connectivity index (χ1n) is 9.71. The van der Waals surface area contributed by atoms with Gasteiger partial charge in [-0.2, -0.15) is 0 Å². The molecule has 2 heteroatoms. The van der Waals surface area contributed by atoms with Gasteiger partial charge in [-0.15, -0.1) is 0 Å². The summed E-state index contributed by atoms with van der Waals surface area (Å²) in [5.41, 5.74) is 3.72. The third-order valence-corrected chi connectivity index (χ3v) is 7.31. The normalized spacial score (nSPS) is 10.8. The first-order valence-corrected chi connectivity index (χ1v) is 11.0. The third-order valence-electron chi connectivity index (χ3n) is 4.82. The molecule has 0 atom stereocenters. The van der Waals surface area contributed by atoms with Crippen LogP contribution in [0, 0.1) is 0 Å². The van der Waals surface area contributed by atoms with Crippen LogP contribution in [0.25, 0.3) is 0 Å². The summed E-state index contributed by atoms with van der Waals surface area (Å²) in [7, 11) is -0.647. The fraction of sp³-hybridized carbons (Fsp3) is 0.0769. The predicted octanol–water partition coefficient (Wildman–Crippen LogP) is 5.75. The van der Waals surface area contributed by atoms with E-state index in [1.165, 1.54) is 27.2 Å². The maximum absolute atomic E-state index is 3.73. The first-order chi connectivity index (χ1) is 13.9. The third kappa shape index (κ3) is 4.01. The quantitative estimate of drug-likeness (QED) is 0.419. The van der Waals surface area contributed by atoms with Crippen molar-refractivity contribution in [3.63, 3.8) is 0 Å². The van der Waals surface area contributed by atoms with Crippen molar-refractivity contribution in [2.24, 2.45) is 0 Å². The van der Waals surface area contributed by atoms with E-state index in [0.29, 0.717) is 0 Å². The number of nitrogens with one attached hydrogen (secondary N) is 1. The second kappa shape index (κ2) is 8.87. The highest BCUT2D eigenvalue weighted by Gasteiger charge is 2.21. The molecule has 1 nitrogen and oxygen atoms in total. The Labute approximate surface area is 168 Å². The molecular formula is C26H24NP. The van der Waals surface area contributed by atoms with Gasteiger partial charge >= 0.3 is 0 Å². The SMILES string of the molecule is CCc1cccc(P(c2ccccc2)c2ccccc2)c1Nc1ccccc1. The van der Waals surface area contributed by atoms with Crippen LogP contribution in [0.1, 0.15) is 12.5 Å². The monoisotopic (exact) mass is 381 g/mol. The molecule has 0 fully saturated rings. The van der Waals surface area contributed by atoms with Crippen LogP contribution in [0.15, 0.2) is 109 Å². The van der Waals surface area contributed by atoms with E-state index in [1.807, 2.05) is 0 Å². The lowest BCUT2D eigenvalue weighted by Gasteiger charge is -2.24. The van der Waals surface area contributed by atoms with Crippen molar-refractivity contribution in [2.75, 3.05) is 5.32 Å². The Bertz CT molecular complexity index is 974. The van der Waals surface area contributed by atoms with E-state index in [0.717, 1.165) is 12.1 Å². The van der Waals surface area contributed by atoms with E-state index in [-0.39, 0.29) is 0 Å². The van der Waals surface area contributed by atoms with Gasteiger partial charge in [-0.25, -0.2) is 0 Å². The van der Waals surface area contributed by atoms with E-state index in [4.69, 9.17) is 0 Å². The summed E-state index contributed by atoms with van der Waals surface area (Å²) >= 11 is 0. The minimum atomic E-state index is -0.647. The second-order valence-electron chi connectivity index (χ2n) is 6.66. The zero-order valence-corrected chi connectivity index (χ0v) is 16.9. The summed E-state index contributed by atoms with van der Waals surface area (Å²) in [5, 5.41) is 7.84. The van der Waals surface area contributed by atoms with Gasteiger partial charge < -0.3 is 5.32 Å². The molecule has 0 saturated heterocycles. The number of rotatable bonds is 6. The lowest BCUT2D eigenvalue weighted by molar-refractivity contribution is 1.14. The number of benzene rings is 4. The molecule has 4 rings (SSSR count). The second-order valence-corrected chi connectivity index (χ2v) is 8.85. The standard InChI is InChI=1S/C26H24NP/c1-2-21-13-12-20-25(26(21)27-22-14-6-3-7-15-22)28(23-16-8-4-9-17-23)24-18-10-5-11-19-24/h3-20,27H,2H2,1H3. The van der Waals surface area contributed by atoms with Gasteiger partial charge in [0.25, 0.3) is 0 Å². The smallest absolute Gasteiger partial charge is 0.0501 e. The molecule has 0 saturated carbocycles. The zero-order valence-electron chi connectivity index (χ0n) is 16.0. The molecule has 0 amide bonds. The van der Waals surface area contributed by atoms with Crippen LogP contribution in [0.4, 0.5) is 11.4 Å². The number of hydrogen-bond acceptors (Lipinski definition) is 1. The maximum atomic E-state index is 3.73. The molecule has 28 heavy (non-hydrogen) atoms. The van der Waals surface area contributed by atoms with Crippen LogP contribution >= 0.6 is 7.92 Å². The molecule has 0 aliphatic heterocycles. The lowest BCUT2D eigenvalue weighted by Crippen LogP contribution is -2.23. The fourth-order valence-electron chi connectivity index (χ4n) is 3.46. The summed E-state index contributed by atoms with van der Waals surface area (Å²) in [4.78, 5) is 0. The van der Waals surface area contributed by atoms with Crippen LogP contribution in [0.5, 0.6) is 0 Å². The van der Waals surface area contributed by atoms with Crippen LogP contribution < -0.4 is 21.2 Å².